The van der Waals surface area contributed by atoms with Crippen LogP contribution in [0.25, 0.3) is 0 Å². The summed E-state index contributed by atoms with van der Waals surface area (Å²) in [6.45, 7) is 4.20. The lowest BCUT2D eigenvalue weighted by Crippen LogP contribution is -1.95. The van der Waals surface area contributed by atoms with Gasteiger partial charge >= 0.3 is 0 Å². The van der Waals surface area contributed by atoms with Crippen LogP contribution in [0.1, 0.15) is 5.56 Å². The van der Waals surface area contributed by atoms with Crippen molar-refractivity contribution in [1.29, 1.82) is 0 Å². The average molecular weight is 225 g/mol. The molecule has 2 nitrogen and oxygen atoms in total. The van der Waals surface area contributed by atoms with Gasteiger partial charge in [-0.15, -0.1) is 0 Å². The summed E-state index contributed by atoms with van der Waals surface area (Å²) in [6.07, 6.45) is 1.65. The lowest BCUT2D eigenvalue weighted by atomic mass is 10.2. The number of hydrogen-bond donors (Lipinski definition) is 1. The van der Waals surface area contributed by atoms with Gasteiger partial charge in [0.15, 0.2) is 0 Å². The molecule has 0 aromatic heterocycles. The van der Waals surface area contributed by atoms with Crippen molar-refractivity contribution in [2.24, 2.45) is 0 Å². The largest absolute Gasteiger partial charge is 0.489 e. The molecular weight excluding hydrogens is 210 g/mol. The molecule has 2 heteroatoms. The van der Waals surface area contributed by atoms with Gasteiger partial charge in [-0.05, 0) is 36.0 Å². The summed E-state index contributed by atoms with van der Waals surface area (Å²) >= 11 is 0. The molecule has 0 saturated carbocycles. The van der Waals surface area contributed by atoms with Gasteiger partial charge < -0.3 is 10.1 Å². The third kappa shape index (κ3) is 3.38. The first kappa shape index (κ1) is 11.3. The van der Waals surface area contributed by atoms with Gasteiger partial charge in [-0.2, -0.15) is 0 Å². The van der Waals surface area contributed by atoms with E-state index >= 15 is 0 Å². The monoisotopic (exact) mass is 225 g/mol. The number of rotatable bonds is 5. The minimum Gasteiger partial charge on any atom is -0.489 e. The maximum atomic E-state index is 5.67. The van der Waals surface area contributed by atoms with Crippen molar-refractivity contribution in [3.8, 4) is 5.75 Å². The van der Waals surface area contributed by atoms with Gasteiger partial charge in [0.05, 0.1) is 0 Å². The first-order valence-electron chi connectivity index (χ1n) is 5.53. The van der Waals surface area contributed by atoms with Crippen LogP contribution in [-0.2, 0) is 6.61 Å². The summed E-state index contributed by atoms with van der Waals surface area (Å²) in [5, 5.41) is 3.02. The van der Waals surface area contributed by atoms with Gasteiger partial charge in [0.1, 0.15) is 12.4 Å². The van der Waals surface area contributed by atoms with Crippen molar-refractivity contribution in [2.45, 2.75) is 6.61 Å². The van der Waals surface area contributed by atoms with Crippen molar-refractivity contribution < 1.29 is 4.74 Å². The quantitative estimate of drug-likeness (QED) is 0.835. The summed E-state index contributed by atoms with van der Waals surface area (Å²) in [6, 6.07) is 17.9. The molecule has 86 valence electrons. The van der Waals surface area contributed by atoms with Crippen LogP contribution in [0, 0.1) is 0 Å². The molecule has 0 saturated heterocycles. The van der Waals surface area contributed by atoms with E-state index in [4.69, 9.17) is 4.74 Å². The van der Waals surface area contributed by atoms with Crippen LogP contribution in [-0.4, -0.2) is 0 Å². The van der Waals surface area contributed by atoms with Crippen molar-refractivity contribution in [2.75, 3.05) is 5.32 Å². The molecule has 0 amide bonds. The van der Waals surface area contributed by atoms with Gasteiger partial charge in [-0.25, -0.2) is 0 Å². The molecule has 0 bridgehead atoms. The van der Waals surface area contributed by atoms with Gasteiger partial charge in [0.25, 0.3) is 0 Å². The van der Waals surface area contributed by atoms with Crippen molar-refractivity contribution in [3.05, 3.63) is 72.9 Å². The number of ether oxygens (including phenoxy) is 1. The van der Waals surface area contributed by atoms with Crippen molar-refractivity contribution in [1.82, 2.24) is 0 Å². The molecule has 17 heavy (non-hydrogen) atoms. The molecule has 1 N–H and O–H groups in total. The Bertz CT molecular complexity index is 462. The molecular formula is C15H15NO. The number of hydrogen-bond acceptors (Lipinski definition) is 2. The summed E-state index contributed by atoms with van der Waals surface area (Å²) in [7, 11) is 0. The molecule has 0 spiro atoms. The van der Waals surface area contributed by atoms with E-state index in [1.807, 2.05) is 54.6 Å². The maximum absolute atomic E-state index is 5.67. The third-order valence-electron chi connectivity index (χ3n) is 2.37. The van der Waals surface area contributed by atoms with Crippen LogP contribution in [0.3, 0.4) is 0 Å². The topological polar surface area (TPSA) is 21.3 Å². The second kappa shape index (κ2) is 5.75. The highest BCUT2D eigenvalue weighted by molar-refractivity contribution is 5.47. The van der Waals surface area contributed by atoms with E-state index in [-0.39, 0.29) is 0 Å². The summed E-state index contributed by atoms with van der Waals surface area (Å²) < 4.78 is 5.67. The summed E-state index contributed by atoms with van der Waals surface area (Å²) in [5.74, 6) is 0.864. The Morgan fingerprint density at radius 3 is 2.35 bits per heavy atom. The number of nitrogens with one attached hydrogen (secondary N) is 1. The van der Waals surface area contributed by atoms with E-state index in [0.29, 0.717) is 6.61 Å². The zero-order chi connectivity index (χ0) is 11.9. The molecule has 0 radical (unpaired) electrons. The fourth-order valence-electron chi connectivity index (χ4n) is 1.51. The van der Waals surface area contributed by atoms with Crippen LogP contribution in [0.2, 0.25) is 0 Å². The fraction of sp³-hybridized carbons (Fsp3) is 0.0667. The lowest BCUT2D eigenvalue weighted by Gasteiger charge is -2.07. The van der Waals surface area contributed by atoms with E-state index in [0.717, 1.165) is 11.4 Å². The van der Waals surface area contributed by atoms with Crippen LogP contribution < -0.4 is 10.1 Å². The Hall–Kier alpha value is -2.22. The second-order valence-corrected chi connectivity index (χ2v) is 3.65. The first-order chi connectivity index (χ1) is 8.38. The Balaban J connectivity index is 1.93. The Labute approximate surface area is 102 Å². The fourth-order valence-corrected chi connectivity index (χ4v) is 1.51. The normalized spacial score (nSPS) is 9.65. The minimum absolute atomic E-state index is 0.592. The van der Waals surface area contributed by atoms with Gasteiger partial charge in [0, 0.05) is 5.69 Å². The average Bonchev–Trinajstić information content (AvgIpc) is 2.40. The van der Waals surface area contributed by atoms with Gasteiger partial charge in [0.2, 0.25) is 0 Å². The Kier molecular flexibility index (Phi) is 3.81. The Morgan fingerprint density at radius 2 is 1.71 bits per heavy atom. The second-order valence-electron chi connectivity index (χ2n) is 3.65. The highest BCUT2D eigenvalue weighted by Crippen LogP contribution is 2.16. The SMILES string of the molecule is C=CNc1ccc(OCc2ccccc2)cc1. The van der Waals surface area contributed by atoms with E-state index in [9.17, 15) is 0 Å². The zero-order valence-electron chi connectivity index (χ0n) is 9.60. The smallest absolute Gasteiger partial charge is 0.119 e. The molecule has 0 heterocycles. The molecule has 0 unspecified atom stereocenters. The molecule has 0 aliphatic rings. The van der Waals surface area contributed by atoms with E-state index in [1.165, 1.54) is 5.56 Å². The maximum Gasteiger partial charge on any atom is 0.119 e. The van der Waals surface area contributed by atoms with E-state index in [2.05, 4.69) is 11.9 Å². The number of benzene rings is 2. The third-order valence-corrected chi connectivity index (χ3v) is 2.37. The highest BCUT2D eigenvalue weighted by atomic mass is 16.5. The lowest BCUT2D eigenvalue weighted by molar-refractivity contribution is 0.306. The number of anilines is 1. The van der Waals surface area contributed by atoms with Crippen LogP contribution in [0.4, 0.5) is 5.69 Å². The zero-order valence-corrected chi connectivity index (χ0v) is 9.60. The Morgan fingerprint density at radius 1 is 1.00 bits per heavy atom. The molecule has 0 aliphatic carbocycles. The van der Waals surface area contributed by atoms with E-state index < -0.39 is 0 Å². The van der Waals surface area contributed by atoms with Crippen LogP contribution in [0.5, 0.6) is 5.75 Å². The molecule has 0 fully saturated rings. The molecule has 2 rings (SSSR count). The van der Waals surface area contributed by atoms with Crippen molar-refractivity contribution >= 4 is 5.69 Å². The van der Waals surface area contributed by atoms with Gasteiger partial charge in [-0.3, -0.25) is 0 Å². The highest BCUT2D eigenvalue weighted by Gasteiger charge is 1.95. The van der Waals surface area contributed by atoms with Crippen molar-refractivity contribution in [3.63, 3.8) is 0 Å². The minimum atomic E-state index is 0.592. The predicted molar refractivity (Wildman–Crippen MR) is 71.0 cm³/mol. The molecule has 2 aromatic carbocycles. The molecule has 0 aliphatic heterocycles. The predicted octanol–water partition coefficient (Wildman–Crippen LogP) is 3.82. The summed E-state index contributed by atoms with van der Waals surface area (Å²) in [4.78, 5) is 0. The first-order valence-corrected chi connectivity index (χ1v) is 5.53. The van der Waals surface area contributed by atoms with Crippen LogP contribution in [0.15, 0.2) is 67.4 Å². The van der Waals surface area contributed by atoms with Gasteiger partial charge in [-0.1, -0.05) is 36.9 Å². The molecule has 0 atom stereocenters. The van der Waals surface area contributed by atoms with Crippen LogP contribution >= 0.6 is 0 Å². The molecule has 2 aromatic rings. The van der Waals surface area contributed by atoms with E-state index in [1.54, 1.807) is 6.20 Å². The summed E-state index contributed by atoms with van der Waals surface area (Å²) in [5.41, 5.74) is 2.17. The standard InChI is InChI=1S/C15H15NO/c1-2-16-14-8-10-15(11-9-14)17-12-13-6-4-3-5-7-13/h2-11,16H,1,12H2.